The van der Waals surface area contributed by atoms with Gasteiger partial charge in [-0.3, -0.25) is 0 Å². The van der Waals surface area contributed by atoms with Crippen LogP contribution in [0.3, 0.4) is 0 Å². The Kier molecular flexibility index (Phi) is 6.23. The fraction of sp³-hybridized carbons (Fsp3) is 0.292. The van der Waals surface area contributed by atoms with Crippen LogP contribution in [0.2, 0.25) is 0 Å². The Morgan fingerprint density at radius 2 is 1.97 bits per heavy atom. The third kappa shape index (κ3) is 4.36. The SMILES string of the molecule is COc1cccc(-c2noc(C3=C(C)N(CC(C)C)C(=S)NC3c3ccc(F)cc3)n2)c1. The summed E-state index contributed by atoms with van der Waals surface area (Å²) in [6.45, 7) is 7.01. The van der Waals surface area contributed by atoms with Crippen molar-refractivity contribution in [1.29, 1.82) is 0 Å². The first-order valence-corrected chi connectivity index (χ1v) is 10.8. The van der Waals surface area contributed by atoms with Crippen LogP contribution in [0.5, 0.6) is 5.75 Å². The number of ether oxygens (including phenoxy) is 1. The molecule has 4 rings (SSSR count). The summed E-state index contributed by atoms with van der Waals surface area (Å²) in [5.74, 6) is 1.65. The van der Waals surface area contributed by atoms with Crippen LogP contribution < -0.4 is 10.1 Å². The van der Waals surface area contributed by atoms with E-state index in [1.807, 2.05) is 36.1 Å². The standard InChI is InChI=1S/C24H25FN4O2S/c1-14(2)13-29-15(3)20(21(26-24(29)32)16-8-10-18(25)11-9-16)23-27-22(28-31-23)17-6-5-7-19(12-17)30-4/h5-12,14,21H,13H2,1-4H3,(H,26,32). The zero-order valence-corrected chi connectivity index (χ0v) is 19.2. The topological polar surface area (TPSA) is 63.4 Å². The molecule has 0 aliphatic carbocycles. The Bertz CT molecular complexity index is 1160. The summed E-state index contributed by atoms with van der Waals surface area (Å²) < 4.78 is 24.6. The molecule has 0 radical (unpaired) electrons. The van der Waals surface area contributed by atoms with Gasteiger partial charge in [0.2, 0.25) is 5.82 Å². The van der Waals surface area contributed by atoms with Gasteiger partial charge in [0.1, 0.15) is 11.6 Å². The number of thiocarbonyl (C=S) groups is 1. The van der Waals surface area contributed by atoms with Gasteiger partial charge in [0.25, 0.3) is 5.89 Å². The van der Waals surface area contributed by atoms with Crippen molar-refractivity contribution in [3.8, 4) is 17.1 Å². The molecule has 166 valence electrons. The van der Waals surface area contributed by atoms with Gasteiger partial charge in [-0.2, -0.15) is 4.98 Å². The van der Waals surface area contributed by atoms with E-state index >= 15 is 0 Å². The molecule has 2 aromatic carbocycles. The summed E-state index contributed by atoms with van der Waals surface area (Å²) in [5, 5.41) is 8.20. The van der Waals surface area contributed by atoms with E-state index in [0.29, 0.717) is 28.5 Å². The van der Waals surface area contributed by atoms with Crippen molar-refractivity contribution < 1.29 is 13.7 Å². The average molecular weight is 453 g/mol. The highest BCUT2D eigenvalue weighted by atomic mass is 32.1. The fourth-order valence-corrected chi connectivity index (χ4v) is 4.09. The van der Waals surface area contributed by atoms with Crippen molar-refractivity contribution in [1.82, 2.24) is 20.4 Å². The molecule has 3 aromatic rings. The molecule has 1 unspecified atom stereocenters. The molecule has 0 saturated heterocycles. The highest BCUT2D eigenvalue weighted by Gasteiger charge is 2.34. The molecule has 1 aliphatic rings. The van der Waals surface area contributed by atoms with E-state index in [1.165, 1.54) is 12.1 Å². The lowest BCUT2D eigenvalue weighted by Gasteiger charge is -2.38. The number of aromatic nitrogens is 2. The number of nitrogens with one attached hydrogen (secondary N) is 1. The van der Waals surface area contributed by atoms with E-state index in [1.54, 1.807) is 19.2 Å². The number of hydrogen-bond donors (Lipinski definition) is 1. The lowest BCUT2D eigenvalue weighted by molar-refractivity contribution is 0.385. The van der Waals surface area contributed by atoms with Crippen molar-refractivity contribution in [2.45, 2.75) is 26.8 Å². The first kappa shape index (κ1) is 22.0. The Morgan fingerprint density at radius 1 is 1.22 bits per heavy atom. The highest BCUT2D eigenvalue weighted by molar-refractivity contribution is 7.80. The number of allylic oxidation sites excluding steroid dienone is 1. The first-order valence-electron chi connectivity index (χ1n) is 10.4. The van der Waals surface area contributed by atoms with E-state index in [-0.39, 0.29) is 11.9 Å². The molecule has 8 heteroatoms. The lowest BCUT2D eigenvalue weighted by atomic mass is 9.94. The van der Waals surface area contributed by atoms with Gasteiger partial charge in [0.15, 0.2) is 5.11 Å². The predicted molar refractivity (Wildman–Crippen MR) is 125 cm³/mol. The minimum Gasteiger partial charge on any atom is -0.497 e. The van der Waals surface area contributed by atoms with Gasteiger partial charge in [-0.15, -0.1) is 0 Å². The Morgan fingerprint density at radius 3 is 2.66 bits per heavy atom. The van der Waals surface area contributed by atoms with Gasteiger partial charge in [-0.1, -0.05) is 43.3 Å². The van der Waals surface area contributed by atoms with Crippen molar-refractivity contribution in [3.63, 3.8) is 0 Å². The number of hydrogen-bond acceptors (Lipinski definition) is 5. The van der Waals surface area contributed by atoms with E-state index in [9.17, 15) is 4.39 Å². The van der Waals surface area contributed by atoms with E-state index in [0.717, 1.165) is 28.9 Å². The van der Waals surface area contributed by atoms with Gasteiger partial charge in [0.05, 0.1) is 18.7 Å². The number of nitrogens with zero attached hydrogens (tertiary/aromatic N) is 3. The normalized spacial score (nSPS) is 16.5. The van der Waals surface area contributed by atoms with Crippen LogP contribution in [0, 0.1) is 11.7 Å². The maximum Gasteiger partial charge on any atom is 0.258 e. The second-order valence-electron chi connectivity index (χ2n) is 8.09. The van der Waals surface area contributed by atoms with Crippen LogP contribution in [0.25, 0.3) is 17.0 Å². The van der Waals surface area contributed by atoms with Gasteiger partial charge >= 0.3 is 0 Å². The molecular weight excluding hydrogens is 427 g/mol. The molecule has 1 atom stereocenters. The second-order valence-corrected chi connectivity index (χ2v) is 8.48. The number of benzene rings is 2. The van der Waals surface area contributed by atoms with Crippen LogP contribution in [0.15, 0.2) is 58.8 Å². The van der Waals surface area contributed by atoms with E-state index in [2.05, 4.69) is 29.3 Å². The molecule has 1 aliphatic heterocycles. The molecule has 6 nitrogen and oxygen atoms in total. The van der Waals surface area contributed by atoms with Crippen molar-refractivity contribution in [2.75, 3.05) is 13.7 Å². The second kappa shape index (κ2) is 9.08. The number of methoxy groups -OCH3 is 1. The molecule has 0 bridgehead atoms. The van der Waals surface area contributed by atoms with Crippen LogP contribution in [-0.2, 0) is 0 Å². The van der Waals surface area contributed by atoms with Crippen LogP contribution in [0.1, 0.15) is 38.3 Å². The third-order valence-electron chi connectivity index (χ3n) is 5.33. The van der Waals surface area contributed by atoms with Crippen LogP contribution in [-0.4, -0.2) is 33.8 Å². The maximum absolute atomic E-state index is 13.6. The molecule has 0 amide bonds. The van der Waals surface area contributed by atoms with Crippen LogP contribution in [0.4, 0.5) is 4.39 Å². The largest absolute Gasteiger partial charge is 0.497 e. The highest BCUT2D eigenvalue weighted by Crippen LogP contribution is 2.37. The molecule has 0 spiro atoms. The number of halogens is 1. The van der Waals surface area contributed by atoms with Crippen molar-refractivity contribution >= 4 is 22.9 Å². The minimum atomic E-state index is -0.342. The van der Waals surface area contributed by atoms with Crippen molar-refractivity contribution in [3.05, 3.63) is 71.5 Å². The summed E-state index contributed by atoms with van der Waals surface area (Å²) in [6.07, 6.45) is 0. The summed E-state index contributed by atoms with van der Waals surface area (Å²) >= 11 is 5.66. The lowest BCUT2D eigenvalue weighted by Crippen LogP contribution is -2.47. The van der Waals surface area contributed by atoms with Crippen LogP contribution >= 0.6 is 12.2 Å². The van der Waals surface area contributed by atoms with Gasteiger partial charge in [-0.25, -0.2) is 4.39 Å². The Labute approximate surface area is 192 Å². The van der Waals surface area contributed by atoms with E-state index in [4.69, 9.17) is 21.5 Å². The third-order valence-corrected chi connectivity index (χ3v) is 5.67. The zero-order valence-electron chi connectivity index (χ0n) is 18.4. The molecule has 32 heavy (non-hydrogen) atoms. The summed E-state index contributed by atoms with van der Waals surface area (Å²) in [5.41, 5.74) is 3.38. The quantitative estimate of drug-likeness (QED) is 0.516. The van der Waals surface area contributed by atoms with Gasteiger partial charge in [0, 0.05) is 17.8 Å². The molecule has 2 heterocycles. The Hall–Kier alpha value is -3.26. The minimum absolute atomic E-state index is 0.297. The average Bonchev–Trinajstić information content (AvgIpc) is 3.26. The predicted octanol–water partition coefficient (Wildman–Crippen LogP) is 5.20. The summed E-state index contributed by atoms with van der Waals surface area (Å²) in [6, 6.07) is 13.5. The smallest absolute Gasteiger partial charge is 0.258 e. The molecule has 0 fully saturated rings. The monoisotopic (exact) mass is 452 g/mol. The van der Waals surface area contributed by atoms with E-state index < -0.39 is 0 Å². The fourth-order valence-electron chi connectivity index (χ4n) is 3.76. The van der Waals surface area contributed by atoms with Gasteiger partial charge in [-0.05, 0) is 54.9 Å². The van der Waals surface area contributed by atoms with Gasteiger partial charge < -0.3 is 19.5 Å². The zero-order chi connectivity index (χ0) is 22.8. The maximum atomic E-state index is 13.6. The molecular formula is C24H25FN4O2S. The Balaban J connectivity index is 1.80. The first-order chi connectivity index (χ1) is 15.4. The molecule has 0 saturated carbocycles. The summed E-state index contributed by atoms with van der Waals surface area (Å²) in [7, 11) is 1.61. The molecule has 1 aromatic heterocycles. The number of rotatable bonds is 6. The van der Waals surface area contributed by atoms with Crippen molar-refractivity contribution in [2.24, 2.45) is 5.92 Å². The summed E-state index contributed by atoms with van der Waals surface area (Å²) in [4.78, 5) is 6.73. The molecule has 1 N–H and O–H groups in total.